The van der Waals surface area contributed by atoms with E-state index in [0.29, 0.717) is 12.5 Å². The van der Waals surface area contributed by atoms with Crippen molar-refractivity contribution in [2.75, 3.05) is 13.7 Å². The van der Waals surface area contributed by atoms with Crippen LogP contribution in [-0.2, 0) is 23.1 Å². The lowest BCUT2D eigenvalue weighted by Gasteiger charge is -2.35. The summed E-state index contributed by atoms with van der Waals surface area (Å²) in [5.41, 5.74) is 1.19. The molecule has 1 saturated heterocycles. The molecule has 1 aliphatic rings. The molecule has 0 bridgehead atoms. The highest BCUT2D eigenvalue weighted by Gasteiger charge is 2.25. The van der Waals surface area contributed by atoms with Gasteiger partial charge in [-0.2, -0.15) is 0 Å². The maximum atomic E-state index is 11.4. The van der Waals surface area contributed by atoms with Crippen molar-refractivity contribution in [3.63, 3.8) is 0 Å². The number of carbonyl (C=O) groups is 1. The highest BCUT2D eigenvalue weighted by molar-refractivity contribution is 5.69. The average Bonchev–Trinajstić information content (AvgIpc) is 2.77. The largest absolute Gasteiger partial charge is 0.469 e. The van der Waals surface area contributed by atoms with Gasteiger partial charge in [-0.05, 0) is 19.4 Å². The second kappa shape index (κ2) is 6.00. The van der Waals surface area contributed by atoms with Crippen molar-refractivity contribution in [2.24, 2.45) is 7.05 Å². The minimum atomic E-state index is -0.114. The fourth-order valence-electron chi connectivity index (χ4n) is 2.52. The molecule has 5 nitrogen and oxygen atoms in total. The van der Waals surface area contributed by atoms with Gasteiger partial charge < -0.3 is 9.30 Å². The number of hydrogen-bond donors (Lipinski definition) is 0. The molecule has 18 heavy (non-hydrogen) atoms. The number of aryl methyl sites for hydroxylation is 1. The van der Waals surface area contributed by atoms with E-state index in [0.717, 1.165) is 19.5 Å². The Morgan fingerprint density at radius 2 is 2.39 bits per heavy atom. The van der Waals surface area contributed by atoms with Crippen molar-refractivity contribution in [1.29, 1.82) is 0 Å². The number of carbonyl (C=O) groups excluding carboxylic acids is 1. The standard InChI is InChI=1S/C13H21N3O2/c1-15-10-14-8-12(15)9-16-6-4-3-5-11(16)7-13(17)18-2/h8,10-11H,3-7,9H2,1-2H3. The molecule has 0 saturated carbocycles. The second-order valence-corrected chi connectivity index (χ2v) is 4.90. The Labute approximate surface area is 108 Å². The Morgan fingerprint density at radius 3 is 3.06 bits per heavy atom. The number of methoxy groups -OCH3 is 1. The highest BCUT2D eigenvalue weighted by Crippen LogP contribution is 2.22. The summed E-state index contributed by atoms with van der Waals surface area (Å²) in [4.78, 5) is 17.9. The van der Waals surface area contributed by atoms with Crippen LogP contribution in [0.15, 0.2) is 12.5 Å². The SMILES string of the molecule is COC(=O)CC1CCCCN1Cc1cncn1C. The summed E-state index contributed by atoms with van der Waals surface area (Å²) in [6.45, 7) is 1.91. The summed E-state index contributed by atoms with van der Waals surface area (Å²) in [6, 6.07) is 0.307. The lowest BCUT2D eigenvalue weighted by molar-refractivity contribution is -0.142. The van der Waals surface area contributed by atoms with Crippen LogP contribution in [0.5, 0.6) is 0 Å². The molecule has 1 atom stereocenters. The van der Waals surface area contributed by atoms with Crippen molar-refractivity contribution in [2.45, 2.75) is 38.3 Å². The summed E-state index contributed by atoms with van der Waals surface area (Å²) < 4.78 is 6.81. The Bertz CT molecular complexity index is 403. The summed E-state index contributed by atoms with van der Waals surface area (Å²) >= 11 is 0. The zero-order valence-electron chi connectivity index (χ0n) is 11.1. The van der Waals surface area contributed by atoms with Crippen molar-refractivity contribution in [3.8, 4) is 0 Å². The molecule has 1 fully saturated rings. The first-order valence-electron chi connectivity index (χ1n) is 6.46. The van der Waals surface area contributed by atoms with Gasteiger partial charge in [0, 0.05) is 25.8 Å². The number of piperidine rings is 1. The third-order valence-electron chi connectivity index (χ3n) is 3.66. The Hall–Kier alpha value is -1.36. The zero-order chi connectivity index (χ0) is 13.0. The highest BCUT2D eigenvalue weighted by atomic mass is 16.5. The molecular weight excluding hydrogens is 230 g/mol. The summed E-state index contributed by atoms with van der Waals surface area (Å²) in [5.74, 6) is -0.114. The van der Waals surface area contributed by atoms with Crippen LogP contribution in [-0.4, -0.2) is 40.1 Å². The molecule has 1 unspecified atom stereocenters. The predicted octanol–water partition coefficient (Wildman–Crippen LogP) is 1.34. The molecule has 2 rings (SSSR count). The maximum absolute atomic E-state index is 11.4. The zero-order valence-corrected chi connectivity index (χ0v) is 11.1. The van der Waals surface area contributed by atoms with E-state index in [1.807, 2.05) is 24.1 Å². The van der Waals surface area contributed by atoms with E-state index in [-0.39, 0.29) is 5.97 Å². The smallest absolute Gasteiger partial charge is 0.307 e. The molecule has 0 aliphatic carbocycles. The van der Waals surface area contributed by atoms with Crippen LogP contribution in [0.4, 0.5) is 0 Å². The van der Waals surface area contributed by atoms with Crippen LogP contribution in [0.1, 0.15) is 31.4 Å². The Kier molecular flexibility index (Phi) is 4.36. The van der Waals surface area contributed by atoms with E-state index in [4.69, 9.17) is 4.74 Å². The van der Waals surface area contributed by atoms with Crippen LogP contribution in [0, 0.1) is 0 Å². The number of imidazole rings is 1. The maximum Gasteiger partial charge on any atom is 0.307 e. The molecule has 100 valence electrons. The first-order valence-corrected chi connectivity index (χ1v) is 6.46. The van der Waals surface area contributed by atoms with Crippen LogP contribution < -0.4 is 0 Å². The lowest BCUT2D eigenvalue weighted by atomic mass is 9.99. The summed E-state index contributed by atoms with van der Waals surface area (Å²) in [5, 5.41) is 0. The molecule has 2 heterocycles. The van der Waals surface area contributed by atoms with Gasteiger partial charge in [0.2, 0.25) is 0 Å². The van der Waals surface area contributed by atoms with E-state index in [9.17, 15) is 4.79 Å². The van der Waals surface area contributed by atoms with Gasteiger partial charge in [0.05, 0.1) is 25.6 Å². The molecule has 0 amide bonds. The first kappa shape index (κ1) is 13.1. The van der Waals surface area contributed by atoms with Gasteiger partial charge in [-0.3, -0.25) is 9.69 Å². The number of aromatic nitrogens is 2. The second-order valence-electron chi connectivity index (χ2n) is 4.90. The van der Waals surface area contributed by atoms with Gasteiger partial charge in [0.15, 0.2) is 0 Å². The van der Waals surface area contributed by atoms with E-state index in [1.54, 1.807) is 0 Å². The van der Waals surface area contributed by atoms with Crippen LogP contribution in [0.25, 0.3) is 0 Å². The Balaban J connectivity index is 1.99. The predicted molar refractivity (Wildman–Crippen MR) is 67.9 cm³/mol. The van der Waals surface area contributed by atoms with Gasteiger partial charge in [-0.1, -0.05) is 6.42 Å². The third kappa shape index (κ3) is 3.10. The summed E-state index contributed by atoms with van der Waals surface area (Å²) in [6.07, 6.45) is 7.68. The minimum absolute atomic E-state index is 0.114. The quantitative estimate of drug-likeness (QED) is 0.758. The van der Waals surface area contributed by atoms with Gasteiger partial charge >= 0.3 is 5.97 Å². The molecule has 5 heteroatoms. The van der Waals surface area contributed by atoms with Gasteiger partial charge in [-0.25, -0.2) is 4.98 Å². The number of rotatable bonds is 4. The Morgan fingerprint density at radius 1 is 1.56 bits per heavy atom. The fraction of sp³-hybridized carbons (Fsp3) is 0.692. The fourth-order valence-corrected chi connectivity index (χ4v) is 2.52. The molecule has 1 aromatic heterocycles. The van der Waals surface area contributed by atoms with E-state index >= 15 is 0 Å². The third-order valence-corrected chi connectivity index (χ3v) is 3.66. The molecule has 0 radical (unpaired) electrons. The molecule has 1 aromatic rings. The van der Waals surface area contributed by atoms with E-state index < -0.39 is 0 Å². The van der Waals surface area contributed by atoms with Crippen LogP contribution >= 0.6 is 0 Å². The molecule has 1 aliphatic heterocycles. The average molecular weight is 251 g/mol. The lowest BCUT2D eigenvalue weighted by Crippen LogP contribution is -2.40. The number of likely N-dealkylation sites (tertiary alicyclic amines) is 1. The molecule has 0 spiro atoms. The summed E-state index contributed by atoms with van der Waals surface area (Å²) in [7, 11) is 3.46. The van der Waals surface area contributed by atoms with Gasteiger partial charge in [0.25, 0.3) is 0 Å². The number of esters is 1. The topological polar surface area (TPSA) is 47.4 Å². The van der Waals surface area contributed by atoms with Crippen molar-refractivity contribution in [1.82, 2.24) is 14.5 Å². The van der Waals surface area contributed by atoms with Crippen molar-refractivity contribution < 1.29 is 9.53 Å². The number of nitrogens with zero attached hydrogens (tertiary/aromatic N) is 3. The van der Waals surface area contributed by atoms with Crippen molar-refractivity contribution >= 4 is 5.97 Å². The van der Waals surface area contributed by atoms with Crippen molar-refractivity contribution in [3.05, 3.63) is 18.2 Å². The van der Waals surface area contributed by atoms with Gasteiger partial charge in [0.1, 0.15) is 0 Å². The first-order chi connectivity index (χ1) is 8.70. The van der Waals surface area contributed by atoms with E-state index in [1.165, 1.54) is 25.6 Å². The number of ether oxygens (including phenoxy) is 1. The van der Waals surface area contributed by atoms with E-state index in [2.05, 4.69) is 9.88 Å². The normalized spacial score (nSPS) is 20.9. The number of hydrogen-bond acceptors (Lipinski definition) is 4. The monoisotopic (exact) mass is 251 g/mol. The van der Waals surface area contributed by atoms with Crippen LogP contribution in [0.2, 0.25) is 0 Å². The van der Waals surface area contributed by atoms with Gasteiger partial charge in [-0.15, -0.1) is 0 Å². The molecule has 0 N–H and O–H groups in total. The van der Waals surface area contributed by atoms with Crippen LogP contribution in [0.3, 0.4) is 0 Å². The minimum Gasteiger partial charge on any atom is -0.469 e. The molecule has 0 aromatic carbocycles. The molecular formula is C13H21N3O2.